The minimum atomic E-state index is 0. The zero-order valence-corrected chi connectivity index (χ0v) is 78.8. The summed E-state index contributed by atoms with van der Waals surface area (Å²) in [5.41, 5.74) is 33.0. The van der Waals surface area contributed by atoms with Gasteiger partial charge < -0.3 is 0 Å². The van der Waals surface area contributed by atoms with Crippen LogP contribution in [0.25, 0.3) is 237 Å². The van der Waals surface area contributed by atoms with E-state index in [-0.39, 0.29) is 44.6 Å². The monoisotopic (exact) mass is 1890 g/mol. The smallest absolute Gasteiger partial charge is 0.0437 e. The molecule has 676 valence electrons. The fourth-order valence-corrected chi connectivity index (χ4v) is 26.6. The molecule has 0 saturated heterocycles. The van der Waals surface area contributed by atoms with E-state index in [1.165, 1.54) is 267 Å². The largest absolute Gasteiger partial charge is 0.140 e. The number of benzene rings is 19. The highest BCUT2D eigenvalue weighted by atomic mass is 32.1. The van der Waals surface area contributed by atoms with E-state index in [0.717, 1.165) is 0 Å². The predicted molar refractivity (Wildman–Crippen MR) is 624 cm³/mol. The number of hydrogen-bond donors (Lipinski definition) is 0. The quantitative estimate of drug-likeness (QED) is 0.108. The lowest BCUT2D eigenvalue weighted by atomic mass is 9.88. The summed E-state index contributed by atoms with van der Waals surface area (Å²) in [6, 6.07) is 156. The molecule has 25 aromatic rings. The van der Waals surface area contributed by atoms with E-state index in [0.29, 0.717) is 0 Å². The van der Waals surface area contributed by atoms with Crippen LogP contribution in [0.4, 0.5) is 0 Å². The molecule has 6 aromatic heterocycles. The van der Waals surface area contributed by atoms with Crippen molar-refractivity contribution in [1.82, 2.24) is 0 Å². The van der Waals surface area contributed by atoms with E-state index < -0.39 is 0 Å². The third-order valence-electron chi connectivity index (χ3n) is 25.8. The molecule has 138 heavy (non-hydrogen) atoms. The fraction of sp³-hybridized carbons (Fsp3) is 0.0909. The maximum absolute atomic E-state index is 2.42. The first-order valence-electron chi connectivity index (χ1n) is 45.1. The maximum atomic E-state index is 2.42. The maximum Gasteiger partial charge on any atom is 0.0437 e. The van der Waals surface area contributed by atoms with Crippen LogP contribution in [0.2, 0.25) is 0 Å². The fourth-order valence-electron chi connectivity index (χ4n) is 20.0. The molecule has 0 saturated carbocycles. The van der Waals surface area contributed by atoms with Crippen molar-refractivity contribution in [2.24, 2.45) is 0 Å². The molecule has 0 aliphatic rings. The van der Waals surface area contributed by atoms with Crippen LogP contribution in [0.5, 0.6) is 0 Å². The lowest BCUT2D eigenvalue weighted by Crippen LogP contribution is -1.89. The SMILES string of the molecule is C.C.C.C.C.C.Cc1cc2c(-c3ccc(-c4ccccc4)c4ccccc34)c3sc(C)cc3c(-c3ccc4ccccc4c3)c2s1.Cc1cc2c(-c3cccc(-c4cc(-c5ccccc5)cc(-c5ccccc5)c4)c3)c3sc(C)cc3c(-c3cccc(-c4cc(-c5ccccc5)cc(-c5ccccc5)c4)c3)c2s1.Cc1cc2c(-c3cccc4ccccc34)c3sc(C)cc3c(-c3ccccc3)c2s1. The van der Waals surface area contributed by atoms with Crippen molar-refractivity contribution in [3.63, 3.8) is 0 Å². The molecule has 0 bridgehead atoms. The minimum absolute atomic E-state index is 0. The second kappa shape index (κ2) is 40.6. The lowest BCUT2D eigenvalue weighted by Gasteiger charge is -2.16. The van der Waals surface area contributed by atoms with Crippen LogP contribution in [0, 0.1) is 41.5 Å². The molecule has 19 aromatic carbocycles. The van der Waals surface area contributed by atoms with Crippen LogP contribution in [0.3, 0.4) is 0 Å². The van der Waals surface area contributed by atoms with Crippen molar-refractivity contribution >= 4 is 161 Å². The number of hydrogen-bond acceptors (Lipinski definition) is 6. The van der Waals surface area contributed by atoms with Crippen LogP contribution in [0.15, 0.2) is 425 Å². The number of rotatable bonds is 13. The molecule has 0 unspecified atom stereocenters. The van der Waals surface area contributed by atoms with E-state index in [9.17, 15) is 0 Å². The Balaban J connectivity index is 0.000000150. The van der Waals surface area contributed by atoms with Gasteiger partial charge in [-0.15, -0.1) is 68.0 Å². The van der Waals surface area contributed by atoms with Crippen molar-refractivity contribution in [2.45, 2.75) is 86.1 Å². The van der Waals surface area contributed by atoms with Crippen molar-refractivity contribution < 1.29 is 0 Å². The summed E-state index contributed by atoms with van der Waals surface area (Å²) in [6.07, 6.45) is 0. The molecule has 0 atom stereocenters. The van der Waals surface area contributed by atoms with E-state index in [1.54, 1.807) is 0 Å². The summed E-state index contributed by atoms with van der Waals surface area (Å²) in [5.74, 6) is 0. The van der Waals surface area contributed by atoms with Gasteiger partial charge in [0, 0.05) is 123 Å². The summed E-state index contributed by atoms with van der Waals surface area (Å²) >= 11 is 11.5. The summed E-state index contributed by atoms with van der Waals surface area (Å²) in [4.78, 5) is 8.04. The molecule has 0 N–H and O–H groups in total. The normalized spacial score (nSPS) is 11.1. The lowest BCUT2D eigenvalue weighted by molar-refractivity contribution is 1.56. The topological polar surface area (TPSA) is 0 Å². The Morgan fingerprint density at radius 1 is 0.123 bits per heavy atom. The Bertz CT molecular complexity index is 8220. The van der Waals surface area contributed by atoms with Crippen LogP contribution in [0.1, 0.15) is 73.8 Å². The van der Waals surface area contributed by atoms with Crippen LogP contribution < -0.4 is 0 Å². The van der Waals surface area contributed by atoms with Crippen LogP contribution in [-0.4, -0.2) is 0 Å². The number of aryl methyl sites for hydroxylation is 6. The van der Waals surface area contributed by atoms with Gasteiger partial charge in [-0.25, -0.2) is 0 Å². The molecule has 0 spiro atoms. The van der Waals surface area contributed by atoms with Gasteiger partial charge in [0.25, 0.3) is 0 Å². The highest BCUT2D eigenvalue weighted by molar-refractivity contribution is 7.23. The predicted octanol–water partition coefficient (Wildman–Crippen LogP) is 43.1. The summed E-state index contributed by atoms with van der Waals surface area (Å²) in [5, 5.41) is 15.9. The van der Waals surface area contributed by atoms with E-state index in [1.807, 2.05) is 68.0 Å². The Morgan fingerprint density at radius 2 is 0.355 bits per heavy atom. The van der Waals surface area contributed by atoms with Crippen LogP contribution in [-0.2, 0) is 0 Å². The van der Waals surface area contributed by atoms with Crippen LogP contribution >= 0.6 is 68.0 Å². The third kappa shape index (κ3) is 17.9. The third-order valence-corrected chi connectivity index (χ3v) is 32.2. The van der Waals surface area contributed by atoms with E-state index in [4.69, 9.17) is 0 Å². The standard InChI is InChI=1S/C60H42S2.C38H26S2.C28H20S2.6CH4/c1-39-29-55-57(47-27-15-25-45(31-47)53-35-49(41-17-7-3-8-18-41)33-50(36-53)42-19-9-4-10-20-42)60-56(30-40(2)62-60)58(59(55)61-39)48-28-16-26-46(32-48)54-37-51(43-21-11-5-12-22-43)34-52(38-54)44-23-13-6-14-24-44;1-23-20-33-35(28-17-16-25-10-6-7-13-27(25)22-28)37-34(21-24(2)39-37)36(38(33)40-23)32-19-18-29(26-11-4-3-5-12-26)30-14-8-9-15-31(30)32;1-17-15-23-25(20-10-4-3-5-11-20)27-24(16-18(2)29-27)26(28(23)30-17)22-14-8-12-19-9-6-7-13-21(19)22;;;;;;/h3-38H,1-2H3;3-22H,1-2H3;3-16H,1-2H3;6*1H4. The van der Waals surface area contributed by atoms with Gasteiger partial charge in [-0.2, -0.15) is 0 Å². The molecule has 0 aliphatic heterocycles. The second-order valence-corrected chi connectivity index (χ2v) is 42.1. The summed E-state index contributed by atoms with van der Waals surface area (Å²) in [6.45, 7) is 13.5. The van der Waals surface area contributed by atoms with E-state index >= 15 is 0 Å². The van der Waals surface area contributed by atoms with Gasteiger partial charge in [0.05, 0.1) is 0 Å². The first-order valence-corrected chi connectivity index (χ1v) is 50.0. The Labute approximate surface area is 838 Å². The van der Waals surface area contributed by atoms with Gasteiger partial charge in [-0.3, -0.25) is 0 Å². The van der Waals surface area contributed by atoms with Gasteiger partial charge in [0.2, 0.25) is 0 Å². The first-order chi connectivity index (χ1) is 64.9. The molecule has 0 nitrogen and oxygen atoms in total. The highest BCUT2D eigenvalue weighted by Crippen LogP contribution is 2.56. The average Bonchev–Trinajstić information content (AvgIpc) is 1.53. The highest BCUT2D eigenvalue weighted by Gasteiger charge is 2.27. The molecule has 0 fully saturated rings. The number of fused-ring (bicyclic) bond motifs is 9. The minimum Gasteiger partial charge on any atom is -0.140 e. The molecular formula is C132H112S6. The first kappa shape index (κ1) is 95.4. The molecule has 6 heteroatoms. The zero-order chi connectivity index (χ0) is 88.6. The molecule has 0 amide bonds. The zero-order valence-electron chi connectivity index (χ0n) is 73.9. The summed E-state index contributed by atoms with van der Waals surface area (Å²) in [7, 11) is 0. The van der Waals surface area contributed by atoms with Gasteiger partial charge in [0.15, 0.2) is 0 Å². The molecule has 25 rings (SSSR count). The van der Waals surface area contributed by atoms with Gasteiger partial charge >= 0.3 is 0 Å². The summed E-state index contributed by atoms with van der Waals surface area (Å²) < 4.78 is 8.23. The van der Waals surface area contributed by atoms with Crippen molar-refractivity contribution in [3.8, 4) is 145 Å². The molecule has 0 radical (unpaired) electrons. The Hall–Kier alpha value is -14.3. The van der Waals surface area contributed by atoms with Crippen molar-refractivity contribution in [3.05, 3.63) is 454 Å². The Morgan fingerprint density at radius 3 is 0.732 bits per heavy atom. The van der Waals surface area contributed by atoms with Crippen molar-refractivity contribution in [2.75, 3.05) is 0 Å². The van der Waals surface area contributed by atoms with E-state index in [2.05, 4.69) is 466 Å². The molecule has 6 heterocycles. The molecule has 0 aliphatic carbocycles. The van der Waals surface area contributed by atoms with Gasteiger partial charge in [-0.1, -0.05) is 378 Å². The van der Waals surface area contributed by atoms with Gasteiger partial charge in [0.1, 0.15) is 0 Å². The van der Waals surface area contributed by atoms with Gasteiger partial charge in [-0.05, 0) is 276 Å². The Kier molecular flexibility index (Phi) is 28.1. The number of thiophene rings is 6. The second-order valence-electron chi connectivity index (χ2n) is 34.6. The molecular weight excluding hydrogens is 1780 g/mol. The average molecular weight is 1890 g/mol. The van der Waals surface area contributed by atoms with Crippen molar-refractivity contribution in [1.29, 1.82) is 0 Å².